The lowest BCUT2D eigenvalue weighted by molar-refractivity contribution is -0.136. The molecule has 0 aromatic carbocycles. The predicted octanol–water partition coefficient (Wildman–Crippen LogP) is 3.21. The summed E-state index contributed by atoms with van der Waals surface area (Å²) in [6.07, 6.45) is 3.61. The Bertz CT molecular complexity index is 353. The van der Waals surface area contributed by atoms with Crippen LogP contribution in [0.15, 0.2) is 11.1 Å². The summed E-state index contributed by atoms with van der Waals surface area (Å²) >= 11 is 0. The summed E-state index contributed by atoms with van der Waals surface area (Å²) in [5, 5.41) is 0.378. The van der Waals surface area contributed by atoms with Crippen molar-refractivity contribution in [2.24, 2.45) is 0 Å². The first-order valence-corrected chi connectivity index (χ1v) is 7.26. The summed E-state index contributed by atoms with van der Waals surface area (Å²) in [6, 6.07) is 0. The molecule has 0 bridgehead atoms. The van der Waals surface area contributed by atoms with Crippen molar-refractivity contribution in [1.82, 2.24) is 0 Å². The third-order valence-corrected chi connectivity index (χ3v) is 4.72. The minimum Gasteiger partial charge on any atom is -0.430 e. The molecule has 0 spiro atoms. The Morgan fingerprint density at radius 1 is 1.29 bits per heavy atom. The Hall–Kier alpha value is -0.640. The Morgan fingerprint density at radius 2 is 1.94 bits per heavy atom. The van der Waals surface area contributed by atoms with E-state index >= 15 is 0 Å². The molecule has 0 aliphatic carbocycles. The highest BCUT2D eigenvalue weighted by atomic mass is 31.2. The van der Waals surface area contributed by atoms with Crippen molar-refractivity contribution in [3.05, 3.63) is 11.1 Å². The second-order valence-electron chi connectivity index (χ2n) is 3.84. The van der Waals surface area contributed by atoms with Crippen molar-refractivity contribution >= 4 is 13.6 Å². The van der Waals surface area contributed by atoms with Gasteiger partial charge in [-0.3, -0.25) is 9.36 Å². The van der Waals surface area contributed by atoms with Gasteiger partial charge in [0, 0.05) is 20.6 Å². The highest BCUT2D eigenvalue weighted by molar-refractivity contribution is 7.58. The quantitative estimate of drug-likeness (QED) is 0.400. The SMILES string of the molecule is CCCCCC1=C(P(=O)(OC)OC)CC(=O)O1. The first-order valence-electron chi connectivity index (χ1n) is 5.72. The summed E-state index contributed by atoms with van der Waals surface area (Å²) in [5.41, 5.74) is 0. The molecule has 1 aliphatic rings. The van der Waals surface area contributed by atoms with Crippen molar-refractivity contribution in [2.45, 2.75) is 39.0 Å². The van der Waals surface area contributed by atoms with Gasteiger partial charge >= 0.3 is 13.6 Å². The Labute approximate surface area is 102 Å². The molecular weight excluding hydrogens is 243 g/mol. The molecule has 0 amide bonds. The smallest absolute Gasteiger partial charge is 0.360 e. The molecule has 5 nitrogen and oxygen atoms in total. The Kier molecular flexibility index (Phi) is 5.37. The zero-order valence-corrected chi connectivity index (χ0v) is 11.4. The fourth-order valence-corrected chi connectivity index (χ4v) is 3.12. The van der Waals surface area contributed by atoms with E-state index in [2.05, 4.69) is 6.92 Å². The maximum atomic E-state index is 12.2. The van der Waals surface area contributed by atoms with E-state index in [4.69, 9.17) is 13.8 Å². The molecule has 0 saturated carbocycles. The number of unbranched alkanes of at least 4 members (excludes halogenated alkanes) is 2. The summed E-state index contributed by atoms with van der Waals surface area (Å²) in [4.78, 5) is 11.3. The second-order valence-corrected chi connectivity index (χ2v) is 6.11. The van der Waals surface area contributed by atoms with E-state index in [9.17, 15) is 9.36 Å². The molecule has 0 aromatic heterocycles. The number of carbonyl (C=O) groups is 1. The number of carbonyl (C=O) groups excluding carboxylic acids is 1. The molecule has 1 rings (SSSR count). The summed E-state index contributed by atoms with van der Waals surface area (Å²) < 4.78 is 27.1. The summed E-state index contributed by atoms with van der Waals surface area (Å²) in [7, 11) is -0.719. The molecular formula is C11H19O5P. The minimum absolute atomic E-state index is 0.000413. The van der Waals surface area contributed by atoms with E-state index in [1.807, 2.05) is 0 Å². The average Bonchev–Trinajstić information content (AvgIpc) is 2.70. The van der Waals surface area contributed by atoms with Gasteiger partial charge in [-0.2, -0.15) is 0 Å². The molecule has 6 heteroatoms. The van der Waals surface area contributed by atoms with Gasteiger partial charge in [0.25, 0.3) is 0 Å². The van der Waals surface area contributed by atoms with Gasteiger partial charge in [-0.05, 0) is 6.42 Å². The molecule has 0 aromatic rings. The molecule has 0 saturated heterocycles. The number of hydrogen-bond acceptors (Lipinski definition) is 5. The number of hydrogen-bond donors (Lipinski definition) is 0. The van der Waals surface area contributed by atoms with E-state index in [-0.39, 0.29) is 12.4 Å². The maximum Gasteiger partial charge on any atom is 0.360 e. The monoisotopic (exact) mass is 262 g/mol. The molecule has 0 unspecified atom stereocenters. The second kappa shape index (κ2) is 6.34. The van der Waals surface area contributed by atoms with Crippen molar-refractivity contribution in [3.8, 4) is 0 Å². The van der Waals surface area contributed by atoms with Crippen molar-refractivity contribution in [2.75, 3.05) is 14.2 Å². The van der Waals surface area contributed by atoms with Gasteiger partial charge in [-0.25, -0.2) is 0 Å². The highest BCUT2D eigenvalue weighted by Crippen LogP contribution is 2.59. The number of allylic oxidation sites excluding steroid dienone is 1. The van der Waals surface area contributed by atoms with Crippen LogP contribution in [0.25, 0.3) is 0 Å². The molecule has 1 aliphatic heterocycles. The van der Waals surface area contributed by atoms with Gasteiger partial charge in [0.15, 0.2) is 0 Å². The van der Waals surface area contributed by atoms with E-state index in [0.717, 1.165) is 19.3 Å². The fourth-order valence-electron chi connectivity index (χ4n) is 1.74. The molecule has 0 atom stereocenters. The van der Waals surface area contributed by atoms with E-state index in [1.54, 1.807) is 0 Å². The summed E-state index contributed by atoms with van der Waals surface area (Å²) in [6.45, 7) is 2.09. The molecule has 98 valence electrons. The lowest BCUT2D eigenvalue weighted by atomic mass is 10.2. The van der Waals surface area contributed by atoms with E-state index in [1.165, 1.54) is 14.2 Å². The van der Waals surface area contributed by atoms with Gasteiger partial charge in [0.05, 0.1) is 11.7 Å². The first kappa shape index (κ1) is 14.4. The molecule has 0 N–H and O–H groups in total. The van der Waals surface area contributed by atoms with Gasteiger partial charge in [-0.1, -0.05) is 19.8 Å². The van der Waals surface area contributed by atoms with Crippen LogP contribution in [0.1, 0.15) is 39.0 Å². The zero-order chi connectivity index (χ0) is 12.9. The molecule has 0 radical (unpaired) electrons. The Morgan fingerprint density at radius 3 is 2.47 bits per heavy atom. The number of cyclic esters (lactones) is 1. The summed E-state index contributed by atoms with van der Waals surface area (Å²) in [5.74, 6) is 0.0799. The standard InChI is InChI=1S/C11H19O5P/c1-4-5-6-7-9-10(8-11(12)16-9)17(13,14-2)15-3/h4-8H2,1-3H3. The molecule has 17 heavy (non-hydrogen) atoms. The normalized spacial score (nSPS) is 16.5. The Balaban J connectivity index is 2.85. The van der Waals surface area contributed by atoms with Crippen molar-refractivity contribution < 1.29 is 23.1 Å². The lowest BCUT2D eigenvalue weighted by Gasteiger charge is -2.14. The number of rotatable bonds is 7. The van der Waals surface area contributed by atoms with Crippen LogP contribution >= 0.6 is 7.60 Å². The maximum absolute atomic E-state index is 12.2. The number of ether oxygens (including phenoxy) is 1. The fraction of sp³-hybridized carbons (Fsp3) is 0.727. The van der Waals surface area contributed by atoms with Crippen LogP contribution in [0.2, 0.25) is 0 Å². The van der Waals surface area contributed by atoms with Gasteiger partial charge < -0.3 is 13.8 Å². The average molecular weight is 262 g/mol. The van der Waals surface area contributed by atoms with Crippen LogP contribution in [0.4, 0.5) is 0 Å². The largest absolute Gasteiger partial charge is 0.430 e. The zero-order valence-electron chi connectivity index (χ0n) is 10.5. The molecule has 1 heterocycles. The van der Waals surface area contributed by atoms with Crippen LogP contribution in [-0.2, 0) is 23.1 Å². The predicted molar refractivity (Wildman–Crippen MR) is 63.5 cm³/mol. The molecule has 0 fully saturated rings. The number of esters is 1. The third kappa shape index (κ3) is 3.41. The van der Waals surface area contributed by atoms with Crippen LogP contribution in [-0.4, -0.2) is 20.2 Å². The van der Waals surface area contributed by atoms with E-state index in [0.29, 0.717) is 17.5 Å². The van der Waals surface area contributed by atoms with E-state index < -0.39 is 7.60 Å². The third-order valence-electron chi connectivity index (χ3n) is 2.69. The highest BCUT2D eigenvalue weighted by Gasteiger charge is 2.38. The van der Waals surface area contributed by atoms with Crippen LogP contribution in [0, 0.1) is 0 Å². The topological polar surface area (TPSA) is 61.8 Å². The lowest BCUT2D eigenvalue weighted by Crippen LogP contribution is -1.94. The van der Waals surface area contributed by atoms with Crippen LogP contribution in [0.3, 0.4) is 0 Å². The van der Waals surface area contributed by atoms with Crippen LogP contribution < -0.4 is 0 Å². The van der Waals surface area contributed by atoms with Gasteiger partial charge in [0.1, 0.15) is 5.76 Å². The van der Waals surface area contributed by atoms with Crippen molar-refractivity contribution in [3.63, 3.8) is 0 Å². The minimum atomic E-state index is -3.34. The van der Waals surface area contributed by atoms with Gasteiger partial charge in [0.2, 0.25) is 0 Å². The first-order chi connectivity index (χ1) is 8.07. The van der Waals surface area contributed by atoms with Crippen molar-refractivity contribution in [1.29, 1.82) is 0 Å². The van der Waals surface area contributed by atoms with Crippen LogP contribution in [0.5, 0.6) is 0 Å². The van der Waals surface area contributed by atoms with Gasteiger partial charge in [-0.15, -0.1) is 0 Å².